The van der Waals surface area contributed by atoms with Crippen molar-refractivity contribution in [1.29, 1.82) is 0 Å². The summed E-state index contributed by atoms with van der Waals surface area (Å²) in [6.07, 6.45) is 8.51. The van der Waals surface area contributed by atoms with Crippen molar-refractivity contribution in [1.82, 2.24) is 0 Å². The van der Waals surface area contributed by atoms with Crippen LogP contribution in [0.3, 0.4) is 0 Å². The van der Waals surface area contributed by atoms with E-state index in [0.717, 1.165) is 22.6 Å². The number of unbranched alkanes of at least 4 members (excludes halogenated alkanes) is 1. The van der Waals surface area contributed by atoms with E-state index in [1.54, 1.807) is 0 Å². The van der Waals surface area contributed by atoms with Crippen LogP contribution in [0.15, 0.2) is 0 Å². The van der Waals surface area contributed by atoms with Crippen molar-refractivity contribution in [2.45, 2.75) is 64.1 Å². The molecule has 1 heteroatoms. The Kier molecular flexibility index (Phi) is 5.51. The molecular formula is C13H25Br. The lowest BCUT2D eigenvalue weighted by molar-refractivity contribution is 0.213. The van der Waals surface area contributed by atoms with Crippen LogP contribution in [0.1, 0.15) is 59.3 Å². The molecule has 0 N–H and O–H groups in total. The molecule has 0 amide bonds. The van der Waals surface area contributed by atoms with Crippen LogP contribution >= 0.6 is 15.9 Å². The lowest BCUT2D eigenvalue weighted by Crippen LogP contribution is -2.27. The minimum absolute atomic E-state index is 0.809. The van der Waals surface area contributed by atoms with E-state index in [0.29, 0.717) is 0 Å². The summed E-state index contributed by atoms with van der Waals surface area (Å²) >= 11 is 3.86. The Hall–Kier alpha value is 0.480. The van der Waals surface area contributed by atoms with E-state index in [9.17, 15) is 0 Å². The normalized spacial score (nSPS) is 33.6. The number of hydrogen-bond donors (Lipinski definition) is 0. The van der Waals surface area contributed by atoms with Crippen molar-refractivity contribution in [3.05, 3.63) is 0 Å². The first-order valence-corrected chi connectivity index (χ1v) is 7.20. The number of hydrogen-bond acceptors (Lipinski definition) is 0. The fraction of sp³-hybridized carbons (Fsp3) is 1.00. The maximum absolute atomic E-state index is 3.86. The molecule has 0 bridgehead atoms. The zero-order valence-electron chi connectivity index (χ0n) is 9.93. The molecular weight excluding hydrogens is 236 g/mol. The van der Waals surface area contributed by atoms with Gasteiger partial charge in [-0.2, -0.15) is 0 Å². The van der Waals surface area contributed by atoms with Crippen molar-refractivity contribution >= 4 is 15.9 Å². The SMILES string of the molecule is CCCCC1CC(C(C)C)CCC1Br. The van der Waals surface area contributed by atoms with E-state index in [2.05, 4.69) is 36.7 Å². The highest BCUT2D eigenvalue weighted by atomic mass is 79.9. The van der Waals surface area contributed by atoms with Gasteiger partial charge in [0, 0.05) is 4.83 Å². The summed E-state index contributed by atoms with van der Waals surface area (Å²) in [6, 6.07) is 0. The molecule has 84 valence electrons. The van der Waals surface area contributed by atoms with Gasteiger partial charge in [0.2, 0.25) is 0 Å². The number of alkyl halides is 1. The lowest BCUT2D eigenvalue weighted by Gasteiger charge is -2.35. The largest absolute Gasteiger partial charge is 0.0888 e. The third kappa shape index (κ3) is 3.56. The van der Waals surface area contributed by atoms with Crippen molar-refractivity contribution in [2.24, 2.45) is 17.8 Å². The second-order valence-corrected chi connectivity index (χ2v) is 6.41. The van der Waals surface area contributed by atoms with E-state index in [-0.39, 0.29) is 0 Å². The van der Waals surface area contributed by atoms with Crippen molar-refractivity contribution in [3.63, 3.8) is 0 Å². The first kappa shape index (κ1) is 12.5. The van der Waals surface area contributed by atoms with Gasteiger partial charge >= 0.3 is 0 Å². The topological polar surface area (TPSA) is 0 Å². The van der Waals surface area contributed by atoms with Gasteiger partial charge in [0.1, 0.15) is 0 Å². The summed E-state index contributed by atoms with van der Waals surface area (Å²) in [5, 5.41) is 0. The van der Waals surface area contributed by atoms with Gasteiger partial charge in [-0.1, -0.05) is 49.5 Å². The molecule has 0 aromatic heterocycles. The maximum Gasteiger partial charge on any atom is 0.0174 e. The van der Waals surface area contributed by atoms with Crippen molar-refractivity contribution in [3.8, 4) is 0 Å². The summed E-state index contributed by atoms with van der Waals surface area (Å²) in [5.41, 5.74) is 0. The predicted octanol–water partition coefficient (Wildman–Crippen LogP) is 5.01. The minimum Gasteiger partial charge on any atom is -0.0888 e. The van der Waals surface area contributed by atoms with Gasteiger partial charge in [0.25, 0.3) is 0 Å². The van der Waals surface area contributed by atoms with Gasteiger partial charge in [-0.15, -0.1) is 0 Å². The van der Waals surface area contributed by atoms with Crippen LogP contribution in [0.4, 0.5) is 0 Å². The quantitative estimate of drug-likeness (QED) is 0.624. The Bertz CT molecular complexity index is 153. The molecule has 0 radical (unpaired) electrons. The molecule has 0 aliphatic heterocycles. The molecule has 0 spiro atoms. The van der Waals surface area contributed by atoms with E-state index in [4.69, 9.17) is 0 Å². The van der Waals surface area contributed by atoms with Crippen LogP contribution in [0.5, 0.6) is 0 Å². The predicted molar refractivity (Wildman–Crippen MR) is 67.9 cm³/mol. The number of rotatable bonds is 4. The summed E-state index contributed by atoms with van der Waals surface area (Å²) in [6.45, 7) is 7.07. The fourth-order valence-electron chi connectivity index (χ4n) is 2.63. The van der Waals surface area contributed by atoms with Gasteiger partial charge in [-0.25, -0.2) is 0 Å². The van der Waals surface area contributed by atoms with Gasteiger partial charge < -0.3 is 0 Å². The Labute approximate surface area is 98.0 Å². The zero-order valence-corrected chi connectivity index (χ0v) is 11.5. The molecule has 0 saturated heterocycles. The molecule has 1 saturated carbocycles. The number of halogens is 1. The fourth-order valence-corrected chi connectivity index (χ4v) is 3.38. The van der Waals surface area contributed by atoms with Crippen LogP contribution in [-0.2, 0) is 0 Å². The molecule has 0 aromatic rings. The van der Waals surface area contributed by atoms with Crippen LogP contribution in [0.25, 0.3) is 0 Å². The van der Waals surface area contributed by atoms with E-state index < -0.39 is 0 Å². The zero-order chi connectivity index (χ0) is 10.6. The van der Waals surface area contributed by atoms with Gasteiger partial charge in [-0.05, 0) is 43.4 Å². The summed E-state index contributed by atoms with van der Waals surface area (Å²) in [5.74, 6) is 2.83. The second kappa shape index (κ2) is 6.15. The molecule has 1 fully saturated rings. The van der Waals surface area contributed by atoms with E-state index in [1.807, 2.05) is 0 Å². The third-order valence-corrected chi connectivity index (χ3v) is 5.01. The average Bonchev–Trinajstić information content (AvgIpc) is 2.16. The Morgan fingerprint density at radius 3 is 2.57 bits per heavy atom. The summed E-state index contributed by atoms with van der Waals surface area (Å²) in [7, 11) is 0. The smallest absolute Gasteiger partial charge is 0.0174 e. The Morgan fingerprint density at radius 2 is 2.00 bits per heavy atom. The van der Waals surface area contributed by atoms with Crippen LogP contribution in [0.2, 0.25) is 0 Å². The molecule has 1 rings (SSSR count). The van der Waals surface area contributed by atoms with E-state index >= 15 is 0 Å². The molecule has 0 heterocycles. The van der Waals surface area contributed by atoms with E-state index in [1.165, 1.54) is 38.5 Å². The molecule has 3 unspecified atom stereocenters. The average molecular weight is 261 g/mol. The van der Waals surface area contributed by atoms with Gasteiger partial charge in [0.05, 0.1) is 0 Å². The first-order valence-electron chi connectivity index (χ1n) is 6.29. The van der Waals surface area contributed by atoms with Crippen molar-refractivity contribution in [2.75, 3.05) is 0 Å². The van der Waals surface area contributed by atoms with Crippen molar-refractivity contribution < 1.29 is 0 Å². The van der Waals surface area contributed by atoms with Gasteiger partial charge in [-0.3, -0.25) is 0 Å². The third-order valence-electron chi connectivity index (χ3n) is 3.80. The monoisotopic (exact) mass is 260 g/mol. The Balaban J connectivity index is 2.38. The standard InChI is InChI=1S/C13H25Br/c1-4-5-6-12-9-11(10(2)3)7-8-13(12)14/h10-13H,4-9H2,1-3H3. The van der Waals surface area contributed by atoms with Crippen LogP contribution in [0, 0.1) is 17.8 Å². The summed E-state index contributed by atoms with van der Waals surface area (Å²) < 4.78 is 0. The highest BCUT2D eigenvalue weighted by Gasteiger charge is 2.29. The highest BCUT2D eigenvalue weighted by Crippen LogP contribution is 2.39. The first-order chi connectivity index (χ1) is 6.65. The molecule has 0 aromatic carbocycles. The highest BCUT2D eigenvalue weighted by molar-refractivity contribution is 9.09. The maximum atomic E-state index is 3.86. The van der Waals surface area contributed by atoms with Crippen LogP contribution in [-0.4, -0.2) is 4.83 Å². The second-order valence-electron chi connectivity index (χ2n) is 5.24. The molecule has 1 aliphatic rings. The lowest BCUT2D eigenvalue weighted by atomic mass is 9.74. The van der Waals surface area contributed by atoms with Crippen LogP contribution < -0.4 is 0 Å². The molecule has 0 nitrogen and oxygen atoms in total. The minimum atomic E-state index is 0.809. The molecule has 14 heavy (non-hydrogen) atoms. The summed E-state index contributed by atoms with van der Waals surface area (Å²) in [4.78, 5) is 0.809. The Morgan fingerprint density at radius 1 is 1.29 bits per heavy atom. The molecule has 1 aliphatic carbocycles. The molecule has 3 atom stereocenters. The van der Waals surface area contributed by atoms with Gasteiger partial charge in [0.15, 0.2) is 0 Å².